The highest BCUT2D eigenvalue weighted by Gasteiger charge is 1.90. The number of hydrogen-bond donors (Lipinski definition) is 0. The van der Waals surface area contributed by atoms with E-state index in [0.29, 0.717) is 5.69 Å². The Bertz CT molecular complexity index is 201. The molecule has 1 aromatic rings. The Morgan fingerprint density at radius 3 is 2.89 bits per heavy atom. The van der Waals surface area contributed by atoms with Crippen molar-refractivity contribution in [2.45, 2.75) is 0 Å². The molecule has 1 aromatic heterocycles. The molecule has 0 spiro atoms. The largest absolute Gasteiger partial charge is 0.364 e. The van der Waals surface area contributed by atoms with Gasteiger partial charge in [-0.05, 0) is 6.08 Å². The number of rotatable bonds is 1. The van der Waals surface area contributed by atoms with Gasteiger partial charge in [0.15, 0.2) is 0 Å². The highest BCUT2D eigenvalue weighted by atomic mass is 35.5. The molecule has 2 nitrogen and oxygen atoms in total. The quantitative estimate of drug-likeness (QED) is 0.636. The summed E-state index contributed by atoms with van der Waals surface area (Å²) in [4.78, 5) is 0. The van der Waals surface area contributed by atoms with Crippen molar-refractivity contribution in [2.24, 2.45) is 0 Å². The second-order valence-electron chi connectivity index (χ2n) is 1.36. The summed E-state index contributed by atoms with van der Waals surface area (Å²) in [5.41, 5.74) is 0.620. The molecule has 0 radical (unpaired) electrons. The van der Waals surface area contributed by atoms with Gasteiger partial charge in [-0.2, -0.15) is 0 Å². The molecule has 48 valence electrons. The minimum atomic E-state index is 0.170. The zero-order valence-corrected chi connectivity index (χ0v) is 5.86. The average molecular weight is 164 g/mol. The molecule has 4 heteroatoms. The summed E-state index contributed by atoms with van der Waals surface area (Å²) in [7, 11) is 0. The van der Waals surface area contributed by atoms with E-state index in [2.05, 4.69) is 9.68 Å². The average Bonchev–Trinajstić information content (AvgIpc) is 2.15. The first-order valence-electron chi connectivity index (χ1n) is 2.22. The summed E-state index contributed by atoms with van der Waals surface area (Å²) >= 11 is 10.6. The van der Waals surface area contributed by atoms with Crippen LogP contribution in [0.15, 0.2) is 21.3 Å². The summed E-state index contributed by atoms with van der Waals surface area (Å²) in [5, 5.41) is 3.54. The molecular formula is C5H3Cl2NO. The highest BCUT2D eigenvalue weighted by Crippen LogP contribution is 2.11. The van der Waals surface area contributed by atoms with Crippen LogP contribution >= 0.6 is 23.2 Å². The molecule has 0 aliphatic heterocycles. The van der Waals surface area contributed by atoms with Gasteiger partial charge in [0.05, 0.1) is 0 Å². The van der Waals surface area contributed by atoms with Crippen molar-refractivity contribution < 1.29 is 4.52 Å². The van der Waals surface area contributed by atoms with E-state index in [9.17, 15) is 0 Å². The second kappa shape index (κ2) is 2.90. The molecule has 0 N–H and O–H groups in total. The Morgan fingerprint density at radius 1 is 1.67 bits per heavy atom. The van der Waals surface area contributed by atoms with Gasteiger partial charge in [0.2, 0.25) is 0 Å². The summed E-state index contributed by atoms with van der Waals surface area (Å²) in [6.07, 6.45) is 2.94. The Morgan fingerprint density at radius 2 is 2.44 bits per heavy atom. The summed E-state index contributed by atoms with van der Waals surface area (Å²) in [6.45, 7) is 0. The van der Waals surface area contributed by atoms with Crippen LogP contribution in [0, 0.1) is 0 Å². The van der Waals surface area contributed by atoms with E-state index in [1.165, 1.54) is 12.3 Å². The number of aromatic nitrogens is 1. The Hall–Kier alpha value is -0.470. The van der Waals surface area contributed by atoms with Crippen molar-refractivity contribution >= 4 is 29.3 Å². The van der Waals surface area contributed by atoms with Crippen LogP contribution in [-0.2, 0) is 0 Å². The zero-order valence-electron chi connectivity index (χ0n) is 4.34. The van der Waals surface area contributed by atoms with Gasteiger partial charge >= 0.3 is 0 Å². The van der Waals surface area contributed by atoms with Gasteiger partial charge in [-0.1, -0.05) is 28.4 Å². The van der Waals surface area contributed by atoms with Crippen molar-refractivity contribution in [3.8, 4) is 0 Å². The lowest BCUT2D eigenvalue weighted by Crippen LogP contribution is -1.65. The van der Waals surface area contributed by atoms with E-state index >= 15 is 0 Å². The molecule has 0 fully saturated rings. The fourth-order valence-electron chi connectivity index (χ4n) is 0.408. The van der Waals surface area contributed by atoms with Crippen LogP contribution in [-0.4, -0.2) is 5.16 Å². The van der Waals surface area contributed by atoms with E-state index in [1.807, 2.05) is 0 Å². The molecule has 0 amide bonds. The van der Waals surface area contributed by atoms with Gasteiger partial charge in [-0.3, -0.25) is 0 Å². The molecule has 0 unspecified atom stereocenters. The monoisotopic (exact) mass is 163 g/mol. The fraction of sp³-hybridized carbons (Fsp3) is 0. The first kappa shape index (κ1) is 6.65. The highest BCUT2D eigenvalue weighted by molar-refractivity contribution is 6.57. The topological polar surface area (TPSA) is 26.0 Å². The minimum absolute atomic E-state index is 0.170. The lowest BCUT2D eigenvalue weighted by Gasteiger charge is -1.77. The molecule has 0 aliphatic rings. The van der Waals surface area contributed by atoms with Crippen LogP contribution in [0.1, 0.15) is 5.69 Å². The summed E-state index contributed by atoms with van der Waals surface area (Å²) in [6, 6.07) is 1.66. The van der Waals surface area contributed by atoms with Crippen molar-refractivity contribution in [3.63, 3.8) is 0 Å². The van der Waals surface area contributed by atoms with Gasteiger partial charge < -0.3 is 4.52 Å². The molecule has 1 heterocycles. The smallest absolute Gasteiger partial charge is 0.124 e. The van der Waals surface area contributed by atoms with Crippen molar-refractivity contribution in [1.29, 1.82) is 0 Å². The van der Waals surface area contributed by atoms with Crippen LogP contribution in [0.25, 0.3) is 6.08 Å². The van der Waals surface area contributed by atoms with Gasteiger partial charge in [-0.15, -0.1) is 0 Å². The summed E-state index contributed by atoms with van der Waals surface area (Å²) in [5.74, 6) is 0. The third-order valence-corrected chi connectivity index (χ3v) is 0.933. The van der Waals surface area contributed by atoms with Crippen LogP contribution in [0.5, 0.6) is 0 Å². The van der Waals surface area contributed by atoms with Gasteiger partial charge in [0.1, 0.15) is 16.4 Å². The lowest BCUT2D eigenvalue weighted by atomic mass is 10.4. The second-order valence-corrected chi connectivity index (χ2v) is 2.37. The Balaban J connectivity index is 2.80. The first-order chi connectivity index (χ1) is 4.29. The number of halogens is 2. The molecule has 0 aliphatic carbocycles. The molecule has 0 saturated carbocycles. The molecular weight excluding hydrogens is 161 g/mol. The minimum Gasteiger partial charge on any atom is -0.364 e. The van der Waals surface area contributed by atoms with Crippen LogP contribution in [0.2, 0.25) is 0 Å². The Kier molecular flexibility index (Phi) is 2.14. The van der Waals surface area contributed by atoms with Crippen LogP contribution < -0.4 is 0 Å². The predicted octanol–water partition coefficient (Wildman–Crippen LogP) is 2.45. The van der Waals surface area contributed by atoms with E-state index in [1.54, 1.807) is 6.07 Å². The SMILES string of the molecule is ClC(Cl)=Cc1ccon1. The van der Waals surface area contributed by atoms with E-state index in [-0.39, 0.29) is 4.49 Å². The van der Waals surface area contributed by atoms with E-state index in [0.717, 1.165) is 0 Å². The van der Waals surface area contributed by atoms with E-state index in [4.69, 9.17) is 23.2 Å². The third kappa shape index (κ3) is 2.08. The van der Waals surface area contributed by atoms with Crippen LogP contribution in [0.3, 0.4) is 0 Å². The molecule has 0 aromatic carbocycles. The van der Waals surface area contributed by atoms with Crippen LogP contribution in [0.4, 0.5) is 0 Å². The van der Waals surface area contributed by atoms with Crippen molar-refractivity contribution in [3.05, 3.63) is 22.5 Å². The third-order valence-electron chi connectivity index (χ3n) is 0.715. The van der Waals surface area contributed by atoms with Gasteiger partial charge in [-0.25, -0.2) is 0 Å². The maximum absolute atomic E-state index is 5.31. The van der Waals surface area contributed by atoms with E-state index < -0.39 is 0 Å². The molecule has 0 atom stereocenters. The predicted molar refractivity (Wildman–Crippen MR) is 36.2 cm³/mol. The molecule has 0 bridgehead atoms. The fourth-order valence-corrected chi connectivity index (χ4v) is 0.632. The Labute approximate surface area is 62.0 Å². The molecule has 1 rings (SSSR count). The van der Waals surface area contributed by atoms with Gasteiger partial charge in [0.25, 0.3) is 0 Å². The summed E-state index contributed by atoms with van der Waals surface area (Å²) < 4.78 is 4.67. The maximum Gasteiger partial charge on any atom is 0.124 e. The first-order valence-corrected chi connectivity index (χ1v) is 2.98. The van der Waals surface area contributed by atoms with Crippen molar-refractivity contribution in [1.82, 2.24) is 5.16 Å². The molecule has 0 saturated heterocycles. The standard InChI is InChI=1S/C5H3Cl2NO/c6-5(7)3-4-1-2-9-8-4/h1-3H. The molecule has 9 heavy (non-hydrogen) atoms. The number of nitrogens with zero attached hydrogens (tertiary/aromatic N) is 1. The normalized spacial score (nSPS) is 9.11. The zero-order chi connectivity index (χ0) is 6.69. The maximum atomic E-state index is 5.31. The lowest BCUT2D eigenvalue weighted by molar-refractivity contribution is 0.418. The number of hydrogen-bond acceptors (Lipinski definition) is 2. The van der Waals surface area contributed by atoms with Crippen molar-refractivity contribution in [2.75, 3.05) is 0 Å². The van der Waals surface area contributed by atoms with Gasteiger partial charge in [0, 0.05) is 6.07 Å².